The van der Waals surface area contributed by atoms with Crippen molar-refractivity contribution in [1.29, 1.82) is 5.26 Å². The number of rotatable bonds is 3. The highest BCUT2D eigenvalue weighted by Crippen LogP contribution is 2.32. The Morgan fingerprint density at radius 1 is 1.63 bits per heavy atom. The third-order valence-corrected chi connectivity index (χ3v) is 4.46. The third kappa shape index (κ3) is 2.77. The summed E-state index contributed by atoms with van der Waals surface area (Å²) >= 11 is 1.54. The highest BCUT2D eigenvalue weighted by Gasteiger charge is 2.42. The highest BCUT2D eigenvalue weighted by atomic mass is 32.1. The molecule has 1 amide bonds. The van der Waals surface area contributed by atoms with E-state index in [1.54, 1.807) is 17.5 Å². The van der Waals surface area contributed by atoms with Crippen molar-refractivity contribution in [2.45, 2.75) is 26.3 Å². The number of hydrogen-bond donors (Lipinski definition) is 0. The van der Waals surface area contributed by atoms with Gasteiger partial charge in [0.25, 0.3) is 0 Å². The van der Waals surface area contributed by atoms with Crippen molar-refractivity contribution in [1.82, 2.24) is 9.88 Å². The molecule has 1 fully saturated rings. The number of nitriles is 1. The van der Waals surface area contributed by atoms with Gasteiger partial charge in [-0.1, -0.05) is 0 Å². The molecule has 1 aliphatic rings. The van der Waals surface area contributed by atoms with Crippen molar-refractivity contribution in [2.75, 3.05) is 20.3 Å². The topological polar surface area (TPSA) is 66.2 Å². The minimum atomic E-state index is -0.911. The molecule has 0 aromatic carbocycles. The number of aromatic nitrogens is 1. The van der Waals surface area contributed by atoms with E-state index in [2.05, 4.69) is 11.1 Å². The molecule has 2 rings (SSSR count). The molecule has 2 heterocycles. The molecule has 0 spiro atoms. The van der Waals surface area contributed by atoms with Crippen LogP contribution in [0.4, 0.5) is 0 Å². The zero-order chi connectivity index (χ0) is 13.9. The smallest absolute Gasteiger partial charge is 0.243 e. The first-order valence-corrected chi connectivity index (χ1v) is 7.10. The minimum Gasteiger partial charge on any atom is -0.381 e. The van der Waals surface area contributed by atoms with E-state index in [1.165, 1.54) is 11.3 Å². The van der Waals surface area contributed by atoms with Crippen LogP contribution < -0.4 is 0 Å². The van der Waals surface area contributed by atoms with Crippen LogP contribution in [0, 0.1) is 23.7 Å². The van der Waals surface area contributed by atoms with Crippen LogP contribution in [-0.2, 0) is 16.1 Å². The fraction of sp³-hybridized carbons (Fsp3) is 0.615. The second-order valence-electron chi connectivity index (χ2n) is 4.83. The Labute approximate surface area is 116 Å². The van der Waals surface area contributed by atoms with Crippen LogP contribution in [0.2, 0.25) is 0 Å². The zero-order valence-corrected chi connectivity index (χ0v) is 12.0. The molecule has 6 heteroatoms. The predicted octanol–water partition coefficient (Wildman–Crippen LogP) is 1.73. The molecular weight excluding hydrogens is 262 g/mol. The van der Waals surface area contributed by atoms with E-state index in [9.17, 15) is 10.1 Å². The summed E-state index contributed by atoms with van der Waals surface area (Å²) in [7, 11) is 1.75. The summed E-state index contributed by atoms with van der Waals surface area (Å²) in [6, 6.07) is 2.21. The molecule has 0 N–H and O–H groups in total. The van der Waals surface area contributed by atoms with E-state index in [0.717, 1.165) is 10.6 Å². The third-order valence-electron chi connectivity index (χ3n) is 3.54. The molecule has 1 saturated heterocycles. The normalized spacial score (nSPS) is 17.7. The summed E-state index contributed by atoms with van der Waals surface area (Å²) in [4.78, 5) is 19.4. The molecular formula is C13H17N3O2S. The van der Waals surface area contributed by atoms with Gasteiger partial charge < -0.3 is 9.64 Å². The van der Waals surface area contributed by atoms with Gasteiger partial charge in [0.05, 0.1) is 23.8 Å². The maximum atomic E-state index is 12.5. The van der Waals surface area contributed by atoms with Gasteiger partial charge in [0, 0.05) is 25.1 Å². The fourth-order valence-corrected chi connectivity index (χ4v) is 3.05. The molecule has 1 aromatic rings. The maximum absolute atomic E-state index is 12.5. The predicted molar refractivity (Wildman–Crippen MR) is 71.4 cm³/mol. The van der Waals surface area contributed by atoms with Crippen molar-refractivity contribution >= 4 is 17.2 Å². The van der Waals surface area contributed by atoms with Crippen molar-refractivity contribution < 1.29 is 9.53 Å². The van der Waals surface area contributed by atoms with E-state index >= 15 is 0 Å². The van der Waals surface area contributed by atoms with Crippen LogP contribution in [0.5, 0.6) is 0 Å². The van der Waals surface area contributed by atoms with Crippen molar-refractivity contribution in [3.8, 4) is 6.07 Å². The van der Waals surface area contributed by atoms with E-state index in [-0.39, 0.29) is 5.91 Å². The molecule has 5 nitrogen and oxygen atoms in total. The van der Waals surface area contributed by atoms with Gasteiger partial charge >= 0.3 is 0 Å². The van der Waals surface area contributed by atoms with Crippen LogP contribution in [0.1, 0.15) is 23.4 Å². The second-order valence-corrected chi connectivity index (χ2v) is 5.77. The Balaban J connectivity index is 2.10. The largest absolute Gasteiger partial charge is 0.381 e. The van der Waals surface area contributed by atoms with E-state index in [4.69, 9.17) is 4.74 Å². The minimum absolute atomic E-state index is 0.105. The average Bonchev–Trinajstić information content (AvgIpc) is 2.84. The molecule has 0 aliphatic carbocycles. The number of hydrogen-bond acceptors (Lipinski definition) is 5. The maximum Gasteiger partial charge on any atom is 0.243 e. The van der Waals surface area contributed by atoms with Crippen LogP contribution in [-0.4, -0.2) is 36.1 Å². The number of carbonyl (C=O) groups excluding carboxylic acids is 1. The molecule has 0 atom stereocenters. The van der Waals surface area contributed by atoms with E-state index in [1.807, 2.05) is 6.92 Å². The lowest BCUT2D eigenvalue weighted by atomic mass is 9.80. The Morgan fingerprint density at radius 2 is 2.32 bits per heavy atom. The van der Waals surface area contributed by atoms with Crippen molar-refractivity contribution in [3.05, 3.63) is 16.1 Å². The number of amides is 1. The molecule has 19 heavy (non-hydrogen) atoms. The standard InChI is InChI=1S/C13H17N3O2S/c1-10-11(19-9-15-10)7-16(2)12(17)13(8-14)3-5-18-6-4-13/h9H,3-7H2,1-2H3. The first-order chi connectivity index (χ1) is 9.09. The fourth-order valence-electron chi connectivity index (χ4n) is 2.22. The Hall–Kier alpha value is -1.45. The average molecular weight is 279 g/mol. The van der Waals surface area contributed by atoms with Gasteiger partial charge in [0.15, 0.2) is 0 Å². The van der Waals surface area contributed by atoms with Crippen LogP contribution in [0.25, 0.3) is 0 Å². The summed E-state index contributed by atoms with van der Waals surface area (Å²) in [6.07, 6.45) is 0.961. The van der Waals surface area contributed by atoms with Gasteiger partial charge in [0.2, 0.25) is 5.91 Å². The van der Waals surface area contributed by atoms with Gasteiger partial charge in [-0.25, -0.2) is 4.98 Å². The zero-order valence-electron chi connectivity index (χ0n) is 11.2. The molecule has 0 radical (unpaired) electrons. The molecule has 1 aromatic heterocycles. The number of ether oxygens (including phenoxy) is 1. The van der Waals surface area contributed by atoms with Gasteiger partial charge in [-0.05, 0) is 19.8 Å². The number of nitrogens with zero attached hydrogens (tertiary/aromatic N) is 3. The van der Waals surface area contributed by atoms with Gasteiger partial charge in [-0.3, -0.25) is 4.79 Å². The van der Waals surface area contributed by atoms with Crippen LogP contribution >= 0.6 is 11.3 Å². The number of aryl methyl sites for hydroxylation is 1. The lowest BCUT2D eigenvalue weighted by molar-refractivity contribution is -0.142. The van der Waals surface area contributed by atoms with Crippen LogP contribution in [0.15, 0.2) is 5.51 Å². The first-order valence-electron chi connectivity index (χ1n) is 6.22. The molecule has 102 valence electrons. The van der Waals surface area contributed by atoms with E-state index in [0.29, 0.717) is 32.6 Å². The van der Waals surface area contributed by atoms with Gasteiger partial charge in [-0.2, -0.15) is 5.26 Å². The first kappa shape index (κ1) is 14.0. The molecule has 1 aliphatic heterocycles. The monoisotopic (exact) mass is 279 g/mol. The SMILES string of the molecule is Cc1ncsc1CN(C)C(=O)C1(C#N)CCOCC1. The lowest BCUT2D eigenvalue weighted by Crippen LogP contribution is -2.44. The van der Waals surface area contributed by atoms with Crippen molar-refractivity contribution in [2.24, 2.45) is 5.41 Å². The Morgan fingerprint density at radius 3 is 2.84 bits per heavy atom. The Bertz CT molecular complexity index is 500. The van der Waals surface area contributed by atoms with Gasteiger partial charge in [-0.15, -0.1) is 11.3 Å². The summed E-state index contributed by atoms with van der Waals surface area (Å²) < 4.78 is 5.25. The number of carbonyl (C=O) groups is 1. The van der Waals surface area contributed by atoms with Gasteiger partial charge in [0.1, 0.15) is 5.41 Å². The molecule has 0 bridgehead atoms. The molecule has 0 unspecified atom stereocenters. The summed E-state index contributed by atoms with van der Waals surface area (Å²) in [5.41, 5.74) is 1.81. The van der Waals surface area contributed by atoms with E-state index < -0.39 is 5.41 Å². The van der Waals surface area contributed by atoms with Crippen molar-refractivity contribution in [3.63, 3.8) is 0 Å². The second kappa shape index (κ2) is 5.68. The molecule has 0 saturated carbocycles. The quantitative estimate of drug-likeness (QED) is 0.845. The van der Waals surface area contributed by atoms with Crippen LogP contribution in [0.3, 0.4) is 0 Å². The summed E-state index contributed by atoms with van der Waals surface area (Å²) in [5, 5.41) is 9.38. The number of thiazole rings is 1. The summed E-state index contributed by atoms with van der Waals surface area (Å²) in [5.74, 6) is -0.105. The summed E-state index contributed by atoms with van der Waals surface area (Å²) in [6.45, 7) is 3.40. The lowest BCUT2D eigenvalue weighted by Gasteiger charge is -2.32. The Kier molecular flexibility index (Phi) is 4.17. The highest BCUT2D eigenvalue weighted by molar-refractivity contribution is 7.09.